The number of hydrogen-bond acceptors (Lipinski definition) is 10. The van der Waals surface area contributed by atoms with Crippen molar-refractivity contribution in [3.05, 3.63) is 485 Å². The van der Waals surface area contributed by atoms with Crippen molar-refractivity contribution in [1.82, 2.24) is 29.1 Å². The molecule has 20 aromatic carbocycles. The van der Waals surface area contributed by atoms with E-state index in [0.29, 0.717) is 5.89 Å². The molecular formula is C120H80N10OS. The average molecular weight is 1710 g/mol. The Hall–Kier alpha value is -17.6. The highest BCUT2D eigenvalue weighted by Crippen LogP contribution is 2.47. The first kappa shape index (κ1) is 77.9. The first-order chi connectivity index (χ1) is 65.4. The van der Waals surface area contributed by atoms with Gasteiger partial charge in [0.25, 0.3) is 0 Å². The van der Waals surface area contributed by atoms with Crippen LogP contribution in [0, 0.1) is 0 Å². The topological polar surface area (TPSA) is 87.5 Å². The van der Waals surface area contributed by atoms with Crippen LogP contribution in [0.15, 0.2) is 490 Å². The summed E-state index contributed by atoms with van der Waals surface area (Å²) in [6, 6.07) is 173. The summed E-state index contributed by atoms with van der Waals surface area (Å²) in [6.07, 6.45) is 0. The molecule has 132 heavy (non-hydrogen) atoms. The highest BCUT2D eigenvalue weighted by molar-refractivity contribution is 7.21. The molecule has 12 heteroatoms. The zero-order valence-electron chi connectivity index (χ0n) is 71.5. The van der Waals surface area contributed by atoms with Crippen molar-refractivity contribution < 1.29 is 4.42 Å². The van der Waals surface area contributed by atoms with E-state index < -0.39 is 0 Å². The number of thiazole rings is 1. The third kappa shape index (κ3) is 14.9. The monoisotopic (exact) mass is 1710 g/mol. The molecule has 11 nitrogen and oxygen atoms in total. The molecule has 4 heterocycles. The quantitative estimate of drug-likeness (QED) is 0.0698. The molecule has 0 fully saturated rings. The number of aromatic nitrogens is 6. The summed E-state index contributed by atoms with van der Waals surface area (Å²) in [4.78, 5) is 29.9. The number of para-hydroxylation sites is 10. The lowest BCUT2D eigenvalue weighted by Crippen LogP contribution is -2.10. The summed E-state index contributed by atoms with van der Waals surface area (Å²) in [7, 11) is 0. The van der Waals surface area contributed by atoms with Gasteiger partial charge < -0.3 is 24.0 Å². The van der Waals surface area contributed by atoms with Gasteiger partial charge in [-0.25, -0.2) is 19.9 Å². The smallest absolute Gasteiger partial charge is 0.227 e. The van der Waals surface area contributed by atoms with Crippen molar-refractivity contribution >= 4 is 145 Å². The highest BCUT2D eigenvalue weighted by Gasteiger charge is 2.25. The van der Waals surface area contributed by atoms with Crippen LogP contribution in [0.1, 0.15) is 0 Å². The Morgan fingerprint density at radius 3 is 1.02 bits per heavy atom. The maximum absolute atomic E-state index is 6.16. The van der Waals surface area contributed by atoms with Crippen LogP contribution in [0.2, 0.25) is 0 Å². The third-order valence-corrected chi connectivity index (χ3v) is 26.0. The molecule has 24 rings (SSSR count). The number of imidazole rings is 2. The molecule has 622 valence electrons. The second-order valence-electron chi connectivity index (χ2n) is 33.1. The van der Waals surface area contributed by atoms with E-state index in [9.17, 15) is 0 Å². The maximum atomic E-state index is 6.16. The molecule has 0 atom stereocenters. The predicted molar refractivity (Wildman–Crippen MR) is 548 cm³/mol. The lowest BCUT2D eigenvalue weighted by Gasteiger charge is -2.26. The van der Waals surface area contributed by atoms with Gasteiger partial charge in [0.15, 0.2) is 5.58 Å². The molecule has 0 aliphatic carbocycles. The molecule has 24 aromatic rings. The Labute approximate surface area is 767 Å². The minimum atomic E-state index is 0.599. The summed E-state index contributed by atoms with van der Waals surface area (Å²) < 4.78 is 11.9. The maximum Gasteiger partial charge on any atom is 0.227 e. The Balaban J connectivity index is 0.519. The SMILES string of the molecule is c1ccc(N(c2ccc(-c3nc4ccccc4o3)cc2)c2cccc(-c3ccc4cc(N(c5ccccc5)c5ccc(-c6nc7cc(-c8ccc(N(c9ccc(-c%10nc%11ccccc%11s%10)cc9)c9cccc(-c%10ccc%11cc(N(c%12ccccc%12)c%12ccc(-c%13nc%14ccccc%14n%13-c%13ccccc%13)cc%12)ccc%11c%10)c9)cc8)ccc7n6-c6ccccc6)cc5)ccc4c3)c2)cc1. The van der Waals surface area contributed by atoms with Crippen molar-refractivity contribution in [2.75, 3.05) is 19.6 Å². The van der Waals surface area contributed by atoms with Gasteiger partial charge in [-0.2, -0.15) is 0 Å². The fourth-order valence-electron chi connectivity index (χ4n) is 18.4. The molecule has 0 amide bonds. The average Bonchev–Trinajstić information content (AvgIpc) is 1.60. The second kappa shape index (κ2) is 33.6. The summed E-state index contributed by atoms with van der Waals surface area (Å²) in [5.74, 6) is 2.34. The number of hydrogen-bond donors (Lipinski definition) is 0. The molecule has 0 saturated heterocycles. The van der Waals surface area contributed by atoms with Crippen LogP contribution >= 0.6 is 11.3 Å². The van der Waals surface area contributed by atoms with Crippen LogP contribution in [-0.2, 0) is 0 Å². The number of rotatable bonds is 21. The molecule has 0 N–H and O–H groups in total. The van der Waals surface area contributed by atoms with E-state index >= 15 is 0 Å². The van der Waals surface area contributed by atoms with Gasteiger partial charge in [-0.15, -0.1) is 11.3 Å². The van der Waals surface area contributed by atoms with Crippen LogP contribution < -0.4 is 19.6 Å². The van der Waals surface area contributed by atoms with Gasteiger partial charge in [0.2, 0.25) is 5.89 Å². The summed E-state index contributed by atoms with van der Waals surface area (Å²) in [5, 5.41) is 5.54. The van der Waals surface area contributed by atoms with E-state index in [2.05, 4.69) is 484 Å². The fourth-order valence-corrected chi connectivity index (χ4v) is 19.4. The summed E-state index contributed by atoms with van der Waals surface area (Å²) in [5.41, 5.74) is 31.7. The standard InChI is InChI=1S/C120H80N10OS/c1-6-26-95(27-7-1)125(103-67-54-84(55-68-103)119-123-110-39-17-20-42-115(110)131-119)105-36-22-24-86(76-105)88-44-46-92-79-108(72-58-90(92)74-88)127(97-30-10-3-11-31-97)102-65-52-83(53-66-102)118-122-112-80-94(60-73-114(112)130(118)99-34-14-5-15-35-99)81-48-61-100(62-49-81)128(104-69-56-85(57-70-104)120-124-111-40-18-21-43-116(111)132-120)106-37-23-25-87(77-106)89-45-47-93-78-107(71-59-91(93)75-89)126(96-28-8-2-9-29-96)101-63-50-82(51-64-101)117-121-109-38-16-19-41-113(109)129(117)98-32-12-4-13-33-98/h1-80H. The van der Waals surface area contributed by atoms with Gasteiger partial charge in [0.05, 0.1) is 32.3 Å². The minimum absolute atomic E-state index is 0.599. The molecule has 0 bridgehead atoms. The second-order valence-corrected chi connectivity index (χ2v) is 34.1. The van der Waals surface area contributed by atoms with E-state index in [-0.39, 0.29) is 0 Å². The zero-order valence-corrected chi connectivity index (χ0v) is 72.3. The zero-order chi connectivity index (χ0) is 87.4. The van der Waals surface area contributed by atoms with E-state index in [1.807, 2.05) is 30.3 Å². The van der Waals surface area contributed by atoms with Crippen molar-refractivity contribution in [3.63, 3.8) is 0 Å². The number of fused-ring (bicyclic) bond motifs is 6. The largest absolute Gasteiger partial charge is 0.436 e. The third-order valence-electron chi connectivity index (χ3n) is 24.9. The number of anilines is 12. The number of nitrogens with zero attached hydrogens (tertiary/aromatic N) is 10. The molecule has 0 radical (unpaired) electrons. The molecule has 0 spiro atoms. The Morgan fingerprint density at radius 2 is 0.530 bits per heavy atom. The van der Waals surface area contributed by atoms with E-state index in [1.54, 1.807) is 11.3 Å². The normalized spacial score (nSPS) is 11.5. The molecular weight excluding hydrogens is 1630 g/mol. The van der Waals surface area contributed by atoms with Crippen LogP contribution in [0.4, 0.5) is 68.2 Å². The Bertz CT molecular complexity index is 8310. The lowest BCUT2D eigenvalue weighted by molar-refractivity contribution is 0.620. The van der Waals surface area contributed by atoms with Gasteiger partial charge in [0, 0.05) is 102 Å². The van der Waals surface area contributed by atoms with Crippen molar-refractivity contribution in [2.45, 2.75) is 0 Å². The predicted octanol–water partition coefficient (Wildman–Crippen LogP) is 33.0. The van der Waals surface area contributed by atoms with Crippen LogP contribution in [0.25, 0.3) is 154 Å². The van der Waals surface area contributed by atoms with Gasteiger partial charge in [0.1, 0.15) is 22.2 Å². The molecule has 4 aromatic heterocycles. The molecule has 0 aliphatic rings. The first-order valence-electron chi connectivity index (χ1n) is 44.4. The van der Waals surface area contributed by atoms with Crippen LogP contribution in [0.5, 0.6) is 0 Å². The molecule has 0 saturated carbocycles. The van der Waals surface area contributed by atoms with Crippen LogP contribution in [-0.4, -0.2) is 29.1 Å². The minimum Gasteiger partial charge on any atom is -0.436 e. The van der Waals surface area contributed by atoms with Gasteiger partial charge in [-0.1, -0.05) is 206 Å². The highest BCUT2D eigenvalue weighted by atomic mass is 32.1. The van der Waals surface area contributed by atoms with E-state index in [0.717, 1.165) is 212 Å². The van der Waals surface area contributed by atoms with Crippen molar-refractivity contribution in [3.8, 4) is 89.6 Å². The van der Waals surface area contributed by atoms with Gasteiger partial charge >= 0.3 is 0 Å². The first-order valence-corrected chi connectivity index (χ1v) is 45.2. The Morgan fingerprint density at radius 1 is 0.197 bits per heavy atom. The number of oxazole rings is 1. The molecule has 0 unspecified atom stereocenters. The summed E-state index contributed by atoms with van der Waals surface area (Å²) >= 11 is 1.72. The number of benzene rings is 20. The van der Waals surface area contributed by atoms with E-state index in [4.69, 9.17) is 24.4 Å². The summed E-state index contributed by atoms with van der Waals surface area (Å²) in [6.45, 7) is 0. The lowest BCUT2D eigenvalue weighted by atomic mass is 9.99. The molecule has 0 aliphatic heterocycles. The van der Waals surface area contributed by atoms with Gasteiger partial charge in [-0.3, -0.25) is 9.13 Å². The van der Waals surface area contributed by atoms with E-state index in [1.165, 1.54) is 4.70 Å². The van der Waals surface area contributed by atoms with Crippen molar-refractivity contribution in [2.24, 2.45) is 0 Å². The van der Waals surface area contributed by atoms with Crippen LogP contribution in [0.3, 0.4) is 0 Å². The fraction of sp³-hybridized carbons (Fsp3) is 0. The van der Waals surface area contributed by atoms with Gasteiger partial charge in [-0.05, 0) is 334 Å². The Kier molecular flexibility index (Phi) is 19.9. The van der Waals surface area contributed by atoms with Crippen molar-refractivity contribution in [1.29, 1.82) is 0 Å².